The standard InChI is InChI=1S/C14H16N4O/c1-18-7-6-11(17-18)9-15-14(19)13-8-10-4-2-3-5-12(10)16-13/h2-7,13,16H,8-9H2,1H3,(H,15,19). The maximum atomic E-state index is 12.1. The fraction of sp³-hybridized carbons (Fsp3) is 0.286. The summed E-state index contributed by atoms with van der Waals surface area (Å²) >= 11 is 0. The molecular weight excluding hydrogens is 240 g/mol. The third-order valence-electron chi connectivity index (χ3n) is 3.30. The Hall–Kier alpha value is -2.30. The van der Waals surface area contributed by atoms with E-state index >= 15 is 0 Å². The van der Waals surface area contributed by atoms with E-state index in [9.17, 15) is 4.79 Å². The zero-order valence-corrected chi connectivity index (χ0v) is 10.8. The zero-order chi connectivity index (χ0) is 13.2. The first-order valence-corrected chi connectivity index (χ1v) is 6.33. The third-order valence-corrected chi connectivity index (χ3v) is 3.30. The van der Waals surface area contributed by atoms with Crippen molar-refractivity contribution in [2.24, 2.45) is 7.05 Å². The summed E-state index contributed by atoms with van der Waals surface area (Å²) in [7, 11) is 1.86. The fourth-order valence-electron chi connectivity index (χ4n) is 2.31. The predicted octanol–water partition coefficient (Wildman–Crippen LogP) is 1.07. The molecule has 98 valence electrons. The van der Waals surface area contributed by atoms with E-state index in [4.69, 9.17) is 0 Å². The summed E-state index contributed by atoms with van der Waals surface area (Å²) in [5.74, 6) is 0.0156. The lowest BCUT2D eigenvalue weighted by atomic mass is 10.1. The number of aromatic nitrogens is 2. The van der Waals surface area contributed by atoms with E-state index in [0.717, 1.165) is 17.8 Å². The molecular formula is C14H16N4O. The number of carbonyl (C=O) groups is 1. The summed E-state index contributed by atoms with van der Waals surface area (Å²) in [4.78, 5) is 12.1. The lowest BCUT2D eigenvalue weighted by Crippen LogP contribution is -2.38. The quantitative estimate of drug-likeness (QED) is 0.863. The number of aryl methyl sites for hydroxylation is 1. The monoisotopic (exact) mass is 256 g/mol. The summed E-state index contributed by atoms with van der Waals surface area (Å²) in [5, 5.41) is 10.4. The highest BCUT2D eigenvalue weighted by atomic mass is 16.2. The number of hydrogen-bond donors (Lipinski definition) is 2. The van der Waals surface area contributed by atoms with E-state index in [-0.39, 0.29) is 11.9 Å². The van der Waals surface area contributed by atoms with Crippen molar-refractivity contribution in [1.82, 2.24) is 15.1 Å². The van der Waals surface area contributed by atoms with E-state index in [1.165, 1.54) is 5.56 Å². The molecule has 5 nitrogen and oxygen atoms in total. The van der Waals surface area contributed by atoms with Crippen molar-refractivity contribution in [1.29, 1.82) is 0 Å². The summed E-state index contributed by atoms with van der Waals surface area (Å²) in [6.45, 7) is 0.466. The van der Waals surface area contributed by atoms with Crippen LogP contribution in [-0.4, -0.2) is 21.7 Å². The molecule has 1 aromatic carbocycles. The number of amides is 1. The van der Waals surface area contributed by atoms with Crippen LogP contribution in [0.1, 0.15) is 11.3 Å². The average molecular weight is 256 g/mol. The second-order valence-corrected chi connectivity index (χ2v) is 4.76. The third kappa shape index (κ3) is 2.45. The van der Waals surface area contributed by atoms with Crippen LogP contribution in [0.2, 0.25) is 0 Å². The normalized spacial score (nSPS) is 16.8. The van der Waals surface area contributed by atoms with Gasteiger partial charge in [-0.15, -0.1) is 0 Å². The van der Waals surface area contributed by atoms with Crippen LogP contribution in [0.4, 0.5) is 5.69 Å². The maximum Gasteiger partial charge on any atom is 0.243 e. The first-order chi connectivity index (χ1) is 9.22. The molecule has 1 aliphatic rings. The molecule has 3 rings (SSSR count). The Bertz CT molecular complexity index is 580. The Labute approximate surface area is 111 Å². The molecule has 1 amide bonds. The van der Waals surface area contributed by atoms with Crippen LogP contribution in [-0.2, 0) is 24.8 Å². The van der Waals surface area contributed by atoms with Gasteiger partial charge in [0.15, 0.2) is 0 Å². The van der Waals surface area contributed by atoms with Gasteiger partial charge in [0, 0.05) is 25.4 Å². The van der Waals surface area contributed by atoms with Crippen molar-refractivity contribution >= 4 is 11.6 Å². The van der Waals surface area contributed by atoms with Gasteiger partial charge < -0.3 is 10.6 Å². The molecule has 5 heteroatoms. The summed E-state index contributed by atoms with van der Waals surface area (Å²) < 4.78 is 1.73. The number of rotatable bonds is 3. The number of nitrogens with zero attached hydrogens (tertiary/aromatic N) is 2. The van der Waals surface area contributed by atoms with Gasteiger partial charge in [-0.25, -0.2) is 0 Å². The highest BCUT2D eigenvalue weighted by Crippen LogP contribution is 2.25. The van der Waals surface area contributed by atoms with Crippen LogP contribution in [0.3, 0.4) is 0 Å². The van der Waals surface area contributed by atoms with Gasteiger partial charge in [0.1, 0.15) is 6.04 Å². The van der Waals surface area contributed by atoms with E-state index < -0.39 is 0 Å². The Kier molecular flexibility index (Phi) is 2.95. The molecule has 1 unspecified atom stereocenters. The number of hydrogen-bond acceptors (Lipinski definition) is 3. The van der Waals surface area contributed by atoms with Gasteiger partial charge in [-0.1, -0.05) is 18.2 Å². The smallest absolute Gasteiger partial charge is 0.243 e. The van der Waals surface area contributed by atoms with Gasteiger partial charge in [-0.3, -0.25) is 9.48 Å². The minimum atomic E-state index is -0.180. The number of fused-ring (bicyclic) bond motifs is 1. The molecule has 0 saturated carbocycles. The van der Waals surface area contributed by atoms with E-state index in [1.807, 2.05) is 43.6 Å². The summed E-state index contributed by atoms with van der Waals surface area (Å²) in [6.07, 6.45) is 2.61. The van der Waals surface area contributed by atoms with Crippen LogP contribution in [0.25, 0.3) is 0 Å². The molecule has 1 aliphatic heterocycles. The lowest BCUT2D eigenvalue weighted by molar-refractivity contribution is -0.121. The predicted molar refractivity (Wildman–Crippen MR) is 72.6 cm³/mol. The molecule has 2 N–H and O–H groups in total. The highest BCUT2D eigenvalue weighted by Gasteiger charge is 2.25. The topological polar surface area (TPSA) is 59.0 Å². The van der Waals surface area contributed by atoms with E-state index in [0.29, 0.717) is 6.54 Å². The fourth-order valence-corrected chi connectivity index (χ4v) is 2.31. The average Bonchev–Trinajstić information content (AvgIpc) is 3.01. The highest BCUT2D eigenvalue weighted by molar-refractivity contribution is 5.87. The minimum Gasteiger partial charge on any atom is -0.373 e. The van der Waals surface area contributed by atoms with Crippen molar-refractivity contribution < 1.29 is 4.79 Å². The second-order valence-electron chi connectivity index (χ2n) is 4.76. The molecule has 0 radical (unpaired) electrons. The van der Waals surface area contributed by atoms with E-state index in [2.05, 4.69) is 15.7 Å². The Morgan fingerprint density at radius 2 is 2.32 bits per heavy atom. The lowest BCUT2D eigenvalue weighted by Gasteiger charge is -2.11. The molecule has 0 aliphatic carbocycles. The van der Waals surface area contributed by atoms with Crippen molar-refractivity contribution in [3.05, 3.63) is 47.8 Å². The molecule has 0 saturated heterocycles. The first kappa shape index (κ1) is 11.8. The number of benzene rings is 1. The summed E-state index contributed by atoms with van der Waals surface area (Å²) in [5.41, 5.74) is 3.12. The van der Waals surface area contributed by atoms with Gasteiger partial charge >= 0.3 is 0 Å². The van der Waals surface area contributed by atoms with Crippen molar-refractivity contribution in [3.63, 3.8) is 0 Å². The van der Waals surface area contributed by atoms with Gasteiger partial charge in [-0.05, 0) is 17.7 Å². The number of para-hydroxylation sites is 1. The van der Waals surface area contributed by atoms with E-state index in [1.54, 1.807) is 4.68 Å². The molecule has 0 fully saturated rings. The Morgan fingerprint density at radius 1 is 1.47 bits per heavy atom. The van der Waals surface area contributed by atoms with Gasteiger partial charge in [-0.2, -0.15) is 5.10 Å². The molecule has 0 spiro atoms. The van der Waals surface area contributed by atoms with Gasteiger partial charge in [0.2, 0.25) is 5.91 Å². The van der Waals surface area contributed by atoms with Crippen molar-refractivity contribution in [3.8, 4) is 0 Å². The van der Waals surface area contributed by atoms with Crippen LogP contribution >= 0.6 is 0 Å². The number of carbonyl (C=O) groups excluding carboxylic acids is 1. The van der Waals surface area contributed by atoms with Gasteiger partial charge in [0.05, 0.1) is 12.2 Å². The molecule has 1 aromatic heterocycles. The van der Waals surface area contributed by atoms with Crippen LogP contribution < -0.4 is 10.6 Å². The second kappa shape index (κ2) is 4.76. The van der Waals surface area contributed by atoms with Gasteiger partial charge in [0.25, 0.3) is 0 Å². The molecule has 2 aromatic rings. The molecule has 0 bridgehead atoms. The Balaban J connectivity index is 1.58. The summed E-state index contributed by atoms with van der Waals surface area (Å²) in [6, 6.07) is 9.74. The van der Waals surface area contributed by atoms with Crippen LogP contribution in [0.5, 0.6) is 0 Å². The van der Waals surface area contributed by atoms with Crippen molar-refractivity contribution in [2.45, 2.75) is 19.0 Å². The number of anilines is 1. The molecule has 1 atom stereocenters. The zero-order valence-electron chi connectivity index (χ0n) is 10.8. The molecule has 2 heterocycles. The first-order valence-electron chi connectivity index (χ1n) is 6.33. The SMILES string of the molecule is Cn1ccc(CNC(=O)C2Cc3ccccc3N2)n1. The minimum absolute atomic E-state index is 0.0156. The maximum absolute atomic E-state index is 12.1. The van der Waals surface area contributed by atoms with Crippen LogP contribution in [0.15, 0.2) is 36.5 Å². The number of nitrogens with one attached hydrogen (secondary N) is 2. The van der Waals surface area contributed by atoms with Crippen LogP contribution in [0, 0.1) is 0 Å². The molecule has 19 heavy (non-hydrogen) atoms. The van der Waals surface area contributed by atoms with Crippen molar-refractivity contribution in [2.75, 3.05) is 5.32 Å². The Morgan fingerprint density at radius 3 is 3.05 bits per heavy atom. The largest absolute Gasteiger partial charge is 0.373 e.